The molecule has 2 atom stereocenters. The van der Waals surface area contributed by atoms with Crippen LogP contribution >= 0.6 is 11.6 Å². The highest BCUT2D eigenvalue weighted by Gasteiger charge is 2.45. The van der Waals surface area contributed by atoms with Gasteiger partial charge in [-0.3, -0.25) is 34.2 Å². The molecule has 2 saturated heterocycles. The third kappa shape index (κ3) is 7.90. The normalized spacial score (nSPS) is 17.4. The number of aromatic amines is 1. The molecule has 5 heterocycles. The molecule has 5 aromatic rings. The van der Waals surface area contributed by atoms with E-state index in [-0.39, 0.29) is 59.4 Å². The number of H-pyrrole nitrogens is 1. The average molecular weight is 818 g/mol. The van der Waals surface area contributed by atoms with Gasteiger partial charge in [-0.1, -0.05) is 42.8 Å². The van der Waals surface area contributed by atoms with E-state index < -0.39 is 29.7 Å². The number of hydrogen-bond acceptors (Lipinski definition) is 11. The highest BCUT2D eigenvalue weighted by molar-refractivity contribution is 6.36. The average Bonchev–Trinajstić information content (AvgIpc) is 3.79. The maximum absolute atomic E-state index is 13.8. The Morgan fingerprint density at radius 1 is 0.932 bits per heavy atom. The number of hydrogen-bond donors (Lipinski definition) is 5. The molecule has 3 aromatic carbocycles. The van der Waals surface area contributed by atoms with Gasteiger partial charge in [0.15, 0.2) is 5.78 Å². The molecule has 302 valence electrons. The van der Waals surface area contributed by atoms with Crippen molar-refractivity contribution < 1.29 is 33.5 Å². The van der Waals surface area contributed by atoms with Crippen LogP contribution in [0.2, 0.25) is 5.02 Å². The Balaban J connectivity index is 0.866. The van der Waals surface area contributed by atoms with Crippen molar-refractivity contribution in [2.75, 3.05) is 30.3 Å². The minimum absolute atomic E-state index is 0.0300. The monoisotopic (exact) mass is 817 g/mol. The maximum Gasteiger partial charge on any atom is 0.317 e. The summed E-state index contributed by atoms with van der Waals surface area (Å²) >= 11 is 6.60. The Morgan fingerprint density at radius 2 is 1.73 bits per heavy atom. The molecule has 6 amide bonds. The fourth-order valence-corrected chi connectivity index (χ4v) is 7.92. The van der Waals surface area contributed by atoms with E-state index in [0.717, 1.165) is 4.90 Å². The lowest BCUT2D eigenvalue weighted by atomic mass is 10.0. The number of para-hydroxylation sites is 1. The number of carbonyl (C=O) groups excluding carboxylic acids is 6. The molecule has 59 heavy (non-hydrogen) atoms. The second-order valence-electron chi connectivity index (χ2n) is 14.6. The largest absolute Gasteiger partial charge is 0.457 e. The summed E-state index contributed by atoms with van der Waals surface area (Å²) in [5.74, 6) is -0.978. The molecule has 2 unspecified atom stereocenters. The predicted octanol–water partition coefficient (Wildman–Crippen LogP) is 5.51. The molecule has 2 aromatic heterocycles. The molecule has 0 radical (unpaired) electrons. The highest BCUT2D eigenvalue weighted by atomic mass is 35.5. The lowest BCUT2D eigenvalue weighted by Gasteiger charge is -2.33. The van der Waals surface area contributed by atoms with Gasteiger partial charge in [-0.15, -0.1) is 0 Å². The van der Waals surface area contributed by atoms with E-state index >= 15 is 0 Å². The first-order chi connectivity index (χ1) is 28.6. The minimum atomic E-state index is -1.07. The van der Waals surface area contributed by atoms with Crippen LogP contribution in [0.1, 0.15) is 75.7 Å². The molecule has 16 nitrogen and oxygen atoms in total. The number of nitrogens with zero attached hydrogens (tertiary/aromatic N) is 4. The Hall–Kier alpha value is -6.81. The summed E-state index contributed by atoms with van der Waals surface area (Å²) in [6, 6.07) is 17.4. The first kappa shape index (κ1) is 39.0. The van der Waals surface area contributed by atoms with Crippen LogP contribution in [0.15, 0.2) is 79.3 Å². The van der Waals surface area contributed by atoms with Gasteiger partial charge in [0, 0.05) is 61.7 Å². The van der Waals surface area contributed by atoms with Gasteiger partial charge in [-0.2, -0.15) is 0 Å². The van der Waals surface area contributed by atoms with Crippen LogP contribution in [0, 0.1) is 0 Å². The van der Waals surface area contributed by atoms with Crippen molar-refractivity contribution in [3.05, 3.63) is 107 Å². The van der Waals surface area contributed by atoms with E-state index in [9.17, 15) is 28.8 Å². The van der Waals surface area contributed by atoms with Crippen LogP contribution in [0.3, 0.4) is 0 Å². The van der Waals surface area contributed by atoms with Gasteiger partial charge >= 0.3 is 6.03 Å². The van der Waals surface area contributed by atoms with Gasteiger partial charge < -0.3 is 30.6 Å². The fourth-order valence-electron chi connectivity index (χ4n) is 7.66. The lowest BCUT2D eigenvalue weighted by Crippen LogP contribution is -2.54. The van der Waals surface area contributed by atoms with Gasteiger partial charge in [0.25, 0.3) is 11.8 Å². The number of ketones is 1. The molecule has 0 aliphatic carbocycles. The topological polar surface area (TPSA) is 208 Å². The molecule has 0 saturated carbocycles. The molecule has 0 bridgehead atoms. The van der Waals surface area contributed by atoms with Gasteiger partial charge in [-0.25, -0.2) is 14.8 Å². The summed E-state index contributed by atoms with van der Waals surface area (Å²) in [4.78, 5) is 92.8. The zero-order chi connectivity index (χ0) is 41.2. The second kappa shape index (κ2) is 16.6. The molecule has 17 heteroatoms. The van der Waals surface area contributed by atoms with Gasteiger partial charge in [0.2, 0.25) is 11.8 Å². The summed E-state index contributed by atoms with van der Waals surface area (Å²) in [7, 11) is 0. The van der Waals surface area contributed by atoms with Crippen LogP contribution in [0.4, 0.5) is 16.3 Å². The summed E-state index contributed by atoms with van der Waals surface area (Å²) < 4.78 is 5.87. The zero-order valence-corrected chi connectivity index (χ0v) is 32.7. The number of anilines is 2. The molecule has 3 aliphatic heterocycles. The number of ether oxygens (including phenoxy) is 1. The third-order valence-corrected chi connectivity index (χ3v) is 11.1. The summed E-state index contributed by atoms with van der Waals surface area (Å²) in [5.41, 5.74) is 1.90. The molecule has 3 aliphatic rings. The van der Waals surface area contributed by atoms with Crippen LogP contribution in [-0.2, 0) is 9.59 Å². The number of piperidine rings is 2. The third-order valence-electron chi connectivity index (χ3n) is 10.8. The van der Waals surface area contributed by atoms with Crippen molar-refractivity contribution in [3.8, 4) is 11.5 Å². The van der Waals surface area contributed by atoms with Gasteiger partial charge in [0.05, 0.1) is 27.1 Å². The molecular formula is C42H40ClN9O7. The number of imide groups is 2. The number of carbonyl (C=O) groups is 6. The van der Waals surface area contributed by atoms with E-state index in [1.807, 2.05) is 37.3 Å². The quantitative estimate of drug-likeness (QED) is 0.0783. The predicted molar refractivity (Wildman–Crippen MR) is 218 cm³/mol. The molecule has 0 spiro atoms. The second-order valence-corrected chi connectivity index (χ2v) is 15.0. The summed E-state index contributed by atoms with van der Waals surface area (Å²) in [5, 5.41) is 12.8. The van der Waals surface area contributed by atoms with Gasteiger partial charge in [0.1, 0.15) is 35.3 Å². The Labute approximate surface area is 343 Å². The molecule has 8 rings (SSSR count). The van der Waals surface area contributed by atoms with Gasteiger partial charge in [-0.05, 0) is 62.1 Å². The number of nitrogens with one attached hydrogen (secondary N) is 5. The zero-order valence-electron chi connectivity index (χ0n) is 31.9. The standard InChI is InChI=1S/C42H40ClN9O7/c1-2-23(48-31-10-6-9-28-34(31)41(57)52(40(28)56)32-13-14-33(53)50-39(32)55)20-45-42(58)51-17-15-24(16-18-51)49-38-35-29(21-44-37(35)46-22-47-38)36(54)27-12-11-26(19-30(27)43)59-25-7-4-3-5-8-25/h3-12,19,21-24,32,48H,2,13-18,20H2,1H3,(H,45,58)(H,50,53,55)(H2,44,46,47,49). The minimum Gasteiger partial charge on any atom is -0.457 e. The number of aromatic nitrogens is 3. The lowest BCUT2D eigenvalue weighted by molar-refractivity contribution is -0.136. The van der Waals surface area contributed by atoms with Crippen molar-refractivity contribution in [2.24, 2.45) is 0 Å². The highest BCUT2D eigenvalue weighted by Crippen LogP contribution is 2.34. The Bertz CT molecular complexity index is 2480. The SMILES string of the molecule is CCC(CNC(=O)N1CCC(Nc2ncnc3[nH]cc(C(=O)c4ccc(Oc5ccccc5)cc4Cl)c23)CC1)Nc1cccc2c1C(=O)N(C1CCC(=O)NC1=O)C2=O. The fraction of sp³-hybridized carbons (Fsp3) is 0.286. The van der Waals surface area contributed by atoms with Crippen molar-refractivity contribution in [2.45, 2.75) is 57.2 Å². The number of fused-ring (bicyclic) bond motifs is 2. The number of amides is 6. The first-order valence-corrected chi connectivity index (χ1v) is 19.8. The van der Waals surface area contributed by atoms with E-state index in [2.05, 4.69) is 36.2 Å². The first-order valence-electron chi connectivity index (χ1n) is 19.4. The number of halogens is 1. The smallest absolute Gasteiger partial charge is 0.317 e. The van der Waals surface area contributed by atoms with Crippen LogP contribution < -0.4 is 26.0 Å². The number of likely N-dealkylation sites (tertiary alicyclic amines) is 1. The molecule has 5 N–H and O–H groups in total. The number of rotatable bonds is 12. The summed E-state index contributed by atoms with van der Waals surface area (Å²) in [6.45, 7) is 3.11. The molecular weight excluding hydrogens is 778 g/mol. The van der Waals surface area contributed by atoms with E-state index in [4.69, 9.17) is 16.3 Å². The maximum atomic E-state index is 13.8. The van der Waals surface area contributed by atoms with E-state index in [1.54, 1.807) is 41.4 Å². The number of urea groups is 1. The van der Waals surface area contributed by atoms with E-state index in [0.29, 0.717) is 77.5 Å². The Morgan fingerprint density at radius 3 is 2.47 bits per heavy atom. The van der Waals surface area contributed by atoms with Crippen LogP contribution in [0.25, 0.3) is 11.0 Å². The van der Waals surface area contributed by atoms with Crippen molar-refractivity contribution in [3.63, 3.8) is 0 Å². The Kier molecular flexibility index (Phi) is 11.0. The van der Waals surface area contributed by atoms with Crippen molar-refractivity contribution in [1.29, 1.82) is 0 Å². The van der Waals surface area contributed by atoms with Crippen molar-refractivity contribution >= 4 is 69.6 Å². The number of benzene rings is 3. The van der Waals surface area contributed by atoms with Crippen LogP contribution in [0.5, 0.6) is 11.5 Å². The van der Waals surface area contributed by atoms with Crippen molar-refractivity contribution in [1.82, 2.24) is 35.4 Å². The molecule has 2 fully saturated rings. The summed E-state index contributed by atoms with van der Waals surface area (Å²) in [6.07, 6.45) is 4.94. The van der Waals surface area contributed by atoms with Crippen LogP contribution in [-0.4, -0.2) is 98.0 Å². The van der Waals surface area contributed by atoms with E-state index in [1.165, 1.54) is 12.4 Å².